The molecule has 0 rings (SSSR count). The highest BCUT2D eigenvalue weighted by molar-refractivity contribution is 4.40. The summed E-state index contributed by atoms with van der Waals surface area (Å²) in [5.74, 6) is 0. The Morgan fingerprint density at radius 2 is 1.89 bits per heavy atom. The number of hydrogen-bond donors (Lipinski definition) is 3. The van der Waals surface area contributed by atoms with E-state index in [0.717, 1.165) is 6.42 Å². The lowest BCUT2D eigenvalue weighted by Crippen LogP contribution is -2.28. The van der Waals surface area contributed by atoms with Crippen LogP contribution in [-0.4, -0.2) is 16.5 Å². The fraction of sp³-hybridized carbons (Fsp3) is 1.00. The molecular formula is C3H11N3O3. The molecule has 6 heteroatoms. The lowest BCUT2D eigenvalue weighted by molar-refractivity contribution is -0.742. The molecule has 0 spiro atoms. The molecule has 0 aliphatic heterocycles. The Bertz CT molecular complexity index is 70.7. The number of nitrogens with zero attached hydrogens (tertiary/aromatic N) is 1. The van der Waals surface area contributed by atoms with Gasteiger partial charge >= 0.3 is 0 Å². The van der Waals surface area contributed by atoms with Crippen LogP contribution in [-0.2, 0) is 0 Å². The molecule has 6 nitrogen and oxygen atoms in total. The molecule has 0 aromatic rings. The Balaban J connectivity index is 0. The fourth-order valence-corrected chi connectivity index (χ4v) is 0. The molecule has 0 heterocycles. The SMILES string of the molecule is CCC(N)N.O=[N+]([O-])O. The van der Waals surface area contributed by atoms with Crippen molar-refractivity contribution in [3.05, 3.63) is 10.1 Å². The van der Waals surface area contributed by atoms with Crippen LogP contribution in [0.15, 0.2) is 0 Å². The first-order valence-corrected chi connectivity index (χ1v) is 2.35. The van der Waals surface area contributed by atoms with Gasteiger partial charge in [0, 0.05) is 0 Å². The van der Waals surface area contributed by atoms with Gasteiger partial charge < -0.3 is 16.7 Å². The molecule has 0 unspecified atom stereocenters. The molecule has 0 aliphatic carbocycles. The second-order valence-corrected chi connectivity index (χ2v) is 1.31. The Labute approximate surface area is 52.6 Å². The molecule has 0 saturated carbocycles. The monoisotopic (exact) mass is 137 g/mol. The summed E-state index contributed by atoms with van der Waals surface area (Å²) in [7, 11) is 0. The predicted octanol–water partition coefficient (Wildman–Crippen LogP) is -0.708. The van der Waals surface area contributed by atoms with Gasteiger partial charge in [-0.1, -0.05) is 6.92 Å². The van der Waals surface area contributed by atoms with E-state index in [0.29, 0.717) is 0 Å². The molecule has 0 amide bonds. The first-order valence-electron chi connectivity index (χ1n) is 2.35. The maximum atomic E-state index is 8.36. The van der Waals surface area contributed by atoms with Gasteiger partial charge in [0.2, 0.25) is 0 Å². The molecule has 0 aliphatic rings. The number of nitrogens with two attached hydrogens (primary N) is 2. The van der Waals surface area contributed by atoms with E-state index in [1.54, 1.807) is 0 Å². The van der Waals surface area contributed by atoms with Crippen LogP contribution in [0.2, 0.25) is 0 Å². The van der Waals surface area contributed by atoms with E-state index in [2.05, 4.69) is 0 Å². The van der Waals surface area contributed by atoms with E-state index >= 15 is 0 Å². The van der Waals surface area contributed by atoms with Gasteiger partial charge in [-0.2, -0.15) is 0 Å². The van der Waals surface area contributed by atoms with Crippen LogP contribution >= 0.6 is 0 Å². The highest BCUT2D eigenvalue weighted by Crippen LogP contribution is 1.68. The molecule has 9 heavy (non-hydrogen) atoms. The zero-order chi connectivity index (χ0) is 7.86. The van der Waals surface area contributed by atoms with Crippen molar-refractivity contribution in [1.29, 1.82) is 0 Å². The van der Waals surface area contributed by atoms with Gasteiger partial charge in [0.15, 0.2) is 0 Å². The minimum atomic E-state index is -1.50. The van der Waals surface area contributed by atoms with Crippen molar-refractivity contribution in [1.82, 2.24) is 0 Å². The molecular weight excluding hydrogens is 126 g/mol. The van der Waals surface area contributed by atoms with E-state index in [9.17, 15) is 0 Å². The summed E-state index contributed by atoms with van der Waals surface area (Å²) in [6.07, 6.45) is 0.745. The van der Waals surface area contributed by atoms with Crippen molar-refractivity contribution in [2.24, 2.45) is 11.5 Å². The predicted molar refractivity (Wildman–Crippen MR) is 31.2 cm³/mol. The Morgan fingerprint density at radius 1 is 1.78 bits per heavy atom. The van der Waals surface area contributed by atoms with Crippen molar-refractivity contribution in [2.45, 2.75) is 19.5 Å². The Kier molecular flexibility index (Phi) is 8.69. The van der Waals surface area contributed by atoms with Gasteiger partial charge in [0.25, 0.3) is 5.09 Å². The summed E-state index contributed by atoms with van der Waals surface area (Å²) >= 11 is 0. The summed E-state index contributed by atoms with van der Waals surface area (Å²) < 4.78 is 0. The fourth-order valence-electron chi connectivity index (χ4n) is 0. The Hall–Kier alpha value is -0.880. The highest BCUT2D eigenvalue weighted by Gasteiger charge is 1.79. The van der Waals surface area contributed by atoms with Crippen LogP contribution in [0.4, 0.5) is 0 Å². The summed E-state index contributed by atoms with van der Waals surface area (Å²) in [5, 5.41) is 13.6. The quantitative estimate of drug-likeness (QED) is 0.251. The molecule has 5 N–H and O–H groups in total. The normalized spacial score (nSPS) is 8.00. The van der Waals surface area contributed by atoms with E-state index in [1.165, 1.54) is 0 Å². The van der Waals surface area contributed by atoms with E-state index in [4.69, 9.17) is 26.8 Å². The minimum absolute atomic E-state index is 0.116. The molecule has 56 valence electrons. The third-order valence-corrected chi connectivity index (χ3v) is 0.471. The average Bonchev–Trinajstić information content (AvgIpc) is 1.65. The van der Waals surface area contributed by atoms with Crippen molar-refractivity contribution < 1.29 is 10.3 Å². The van der Waals surface area contributed by atoms with Crippen LogP contribution in [0.1, 0.15) is 13.3 Å². The highest BCUT2D eigenvalue weighted by atomic mass is 16.9. The van der Waals surface area contributed by atoms with Gasteiger partial charge in [-0.15, -0.1) is 10.1 Å². The minimum Gasteiger partial charge on any atom is -0.328 e. The molecule has 0 aromatic heterocycles. The summed E-state index contributed by atoms with van der Waals surface area (Å²) in [5.41, 5.74) is 10.1. The van der Waals surface area contributed by atoms with Crippen LogP contribution < -0.4 is 11.5 Å². The Morgan fingerprint density at radius 3 is 1.89 bits per heavy atom. The molecule has 0 atom stereocenters. The van der Waals surface area contributed by atoms with Crippen molar-refractivity contribution in [3.8, 4) is 0 Å². The maximum Gasteiger partial charge on any atom is 0.291 e. The topological polar surface area (TPSA) is 115 Å². The second kappa shape index (κ2) is 7.12. The van der Waals surface area contributed by atoms with E-state index < -0.39 is 5.09 Å². The summed E-state index contributed by atoms with van der Waals surface area (Å²) in [6, 6.07) is 0. The van der Waals surface area contributed by atoms with Gasteiger partial charge in [0.05, 0.1) is 6.17 Å². The molecule has 0 aromatic carbocycles. The van der Waals surface area contributed by atoms with Crippen LogP contribution in [0.5, 0.6) is 0 Å². The smallest absolute Gasteiger partial charge is 0.291 e. The second-order valence-electron chi connectivity index (χ2n) is 1.31. The van der Waals surface area contributed by atoms with Gasteiger partial charge in [0.1, 0.15) is 0 Å². The summed E-state index contributed by atoms with van der Waals surface area (Å²) in [4.78, 5) is 8.36. The third-order valence-electron chi connectivity index (χ3n) is 0.471. The van der Waals surface area contributed by atoms with Crippen molar-refractivity contribution in [3.63, 3.8) is 0 Å². The average molecular weight is 137 g/mol. The maximum absolute atomic E-state index is 8.36. The summed E-state index contributed by atoms with van der Waals surface area (Å²) in [6.45, 7) is 1.95. The van der Waals surface area contributed by atoms with Crippen LogP contribution in [0.25, 0.3) is 0 Å². The molecule has 0 bridgehead atoms. The zero-order valence-corrected chi connectivity index (χ0v) is 5.15. The lowest BCUT2D eigenvalue weighted by atomic mass is 10.4. The zero-order valence-electron chi connectivity index (χ0n) is 5.15. The van der Waals surface area contributed by atoms with E-state index in [-0.39, 0.29) is 6.17 Å². The van der Waals surface area contributed by atoms with Gasteiger partial charge in [-0.3, -0.25) is 0 Å². The lowest BCUT2D eigenvalue weighted by Gasteiger charge is -1.92. The van der Waals surface area contributed by atoms with Gasteiger partial charge in [-0.05, 0) is 6.42 Å². The van der Waals surface area contributed by atoms with E-state index in [1.807, 2.05) is 6.92 Å². The number of rotatable bonds is 1. The van der Waals surface area contributed by atoms with Crippen molar-refractivity contribution in [2.75, 3.05) is 0 Å². The van der Waals surface area contributed by atoms with Crippen LogP contribution in [0.3, 0.4) is 0 Å². The first-order chi connectivity index (χ1) is 4.00. The molecule has 0 radical (unpaired) electrons. The van der Waals surface area contributed by atoms with Gasteiger partial charge in [-0.25, -0.2) is 0 Å². The molecule has 0 fully saturated rings. The first kappa shape index (κ1) is 11.0. The number of hydrogen-bond acceptors (Lipinski definition) is 4. The van der Waals surface area contributed by atoms with Crippen LogP contribution in [0, 0.1) is 10.1 Å². The molecule has 0 saturated heterocycles. The van der Waals surface area contributed by atoms with Crippen molar-refractivity contribution >= 4 is 0 Å². The standard InChI is InChI=1S/C3H10N2.HNO3/c1-2-3(4)5;2-1(3)4/h3H,2,4-5H2,1H3;(H,2,3,4). The third kappa shape index (κ3) is 149. The largest absolute Gasteiger partial charge is 0.328 e.